The summed E-state index contributed by atoms with van der Waals surface area (Å²) < 4.78 is 0. The summed E-state index contributed by atoms with van der Waals surface area (Å²) in [4.78, 5) is 35.1. The third kappa shape index (κ3) is 3.43. The van der Waals surface area contributed by atoms with Crippen LogP contribution in [0.15, 0.2) is 24.3 Å². The Morgan fingerprint density at radius 3 is 2.73 bits per heavy atom. The largest absolute Gasteiger partial charge is 0.328 e. The number of carbonyl (C=O) groups is 3. The monoisotopic (exact) mass is 304 g/mol. The molecule has 1 fully saturated rings. The number of nitrogens with two attached hydrogens (primary N) is 1. The lowest BCUT2D eigenvalue weighted by molar-refractivity contribution is -0.123. The van der Waals surface area contributed by atoms with Gasteiger partial charge in [-0.2, -0.15) is 0 Å². The molecule has 1 aliphatic rings. The van der Waals surface area contributed by atoms with Crippen LogP contribution in [0.2, 0.25) is 0 Å². The molecular weight excluding hydrogens is 284 g/mol. The van der Waals surface area contributed by atoms with E-state index >= 15 is 0 Å². The van der Waals surface area contributed by atoms with Gasteiger partial charge in [0.2, 0.25) is 5.91 Å². The minimum atomic E-state index is -1.14. The van der Waals surface area contributed by atoms with Crippen molar-refractivity contribution in [1.29, 1.82) is 0 Å². The number of carbonyl (C=O) groups excluding carboxylic acids is 3. The molecule has 0 spiro atoms. The molecule has 1 heterocycles. The van der Waals surface area contributed by atoms with Crippen molar-refractivity contribution in [3.8, 4) is 0 Å². The van der Waals surface area contributed by atoms with E-state index in [4.69, 9.17) is 5.73 Å². The summed E-state index contributed by atoms with van der Waals surface area (Å²) in [6.45, 7) is 3.46. The zero-order chi connectivity index (χ0) is 16.3. The average Bonchev–Trinajstić information content (AvgIpc) is 2.71. The Bertz CT molecular complexity index is 615. The predicted molar refractivity (Wildman–Crippen MR) is 82.0 cm³/mol. The fraction of sp³-hybridized carbons (Fsp3) is 0.400. The van der Waals surface area contributed by atoms with Gasteiger partial charge >= 0.3 is 6.03 Å². The number of rotatable bonds is 5. The van der Waals surface area contributed by atoms with Crippen LogP contribution in [0, 0.1) is 0 Å². The summed E-state index contributed by atoms with van der Waals surface area (Å²) in [7, 11) is 0. The highest BCUT2D eigenvalue weighted by Gasteiger charge is 2.43. The number of benzene rings is 1. The highest BCUT2D eigenvalue weighted by Crippen LogP contribution is 2.26. The Hall–Kier alpha value is -2.41. The van der Waals surface area contributed by atoms with Crippen LogP contribution in [0.1, 0.15) is 32.3 Å². The van der Waals surface area contributed by atoms with Crippen LogP contribution in [0.3, 0.4) is 0 Å². The van der Waals surface area contributed by atoms with E-state index < -0.39 is 17.5 Å². The third-order valence-electron chi connectivity index (χ3n) is 3.60. The molecule has 0 aliphatic carbocycles. The molecule has 0 saturated carbocycles. The predicted octanol–water partition coefficient (Wildman–Crippen LogP) is 0.807. The first kappa shape index (κ1) is 16.0. The Kier molecular flexibility index (Phi) is 4.46. The molecule has 22 heavy (non-hydrogen) atoms. The second-order valence-electron chi connectivity index (χ2n) is 5.68. The van der Waals surface area contributed by atoms with E-state index in [9.17, 15) is 14.4 Å². The number of nitrogens with one attached hydrogen (secondary N) is 3. The minimum absolute atomic E-state index is 0.0339. The van der Waals surface area contributed by atoms with Crippen LogP contribution in [0.25, 0.3) is 0 Å². The van der Waals surface area contributed by atoms with Gasteiger partial charge in [0.05, 0.1) is 0 Å². The van der Waals surface area contributed by atoms with Gasteiger partial charge in [-0.25, -0.2) is 4.79 Å². The van der Waals surface area contributed by atoms with Gasteiger partial charge in [-0.1, -0.05) is 12.1 Å². The first-order chi connectivity index (χ1) is 10.3. The molecule has 1 aliphatic heterocycles. The van der Waals surface area contributed by atoms with Crippen molar-refractivity contribution >= 4 is 23.5 Å². The van der Waals surface area contributed by atoms with Gasteiger partial charge in [-0.15, -0.1) is 0 Å². The maximum atomic E-state index is 11.9. The molecule has 118 valence electrons. The molecule has 2 atom stereocenters. The van der Waals surface area contributed by atoms with Crippen molar-refractivity contribution in [2.24, 2.45) is 5.73 Å². The molecule has 7 heteroatoms. The summed E-state index contributed by atoms with van der Waals surface area (Å²) >= 11 is 0. The van der Waals surface area contributed by atoms with E-state index in [0.717, 1.165) is 0 Å². The lowest BCUT2D eigenvalue weighted by Crippen LogP contribution is -2.40. The van der Waals surface area contributed by atoms with Crippen molar-refractivity contribution in [3.63, 3.8) is 0 Å². The zero-order valence-corrected chi connectivity index (χ0v) is 12.6. The van der Waals surface area contributed by atoms with Crippen LogP contribution in [0.5, 0.6) is 0 Å². The van der Waals surface area contributed by atoms with Gasteiger partial charge in [0.25, 0.3) is 5.91 Å². The second kappa shape index (κ2) is 6.15. The third-order valence-corrected chi connectivity index (χ3v) is 3.60. The molecule has 0 radical (unpaired) electrons. The standard InChI is InChI=1S/C15H20N4O3/c1-9(16)6-7-12(20)17-11-5-3-4-10(8-11)15(2)13(21)18-14(22)19-15/h3-5,8-9H,6-7,16H2,1-2H3,(H,17,20)(H2,18,19,21,22). The fourth-order valence-electron chi connectivity index (χ4n) is 2.24. The highest BCUT2D eigenvalue weighted by molar-refractivity contribution is 6.07. The Morgan fingerprint density at radius 2 is 2.14 bits per heavy atom. The summed E-state index contributed by atoms with van der Waals surface area (Å²) in [5.74, 6) is -0.558. The zero-order valence-electron chi connectivity index (χ0n) is 12.6. The molecule has 1 aromatic carbocycles. The van der Waals surface area contributed by atoms with Crippen LogP contribution in [-0.2, 0) is 15.1 Å². The van der Waals surface area contributed by atoms with E-state index in [0.29, 0.717) is 24.1 Å². The average molecular weight is 304 g/mol. The molecule has 1 saturated heterocycles. The Morgan fingerprint density at radius 1 is 1.41 bits per heavy atom. The van der Waals surface area contributed by atoms with Gasteiger partial charge in [-0.05, 0) is 38.0 Å². The maximum absolute atomic E-state index is 11.9. The van der Waals surface area contributed by atoms with Crippen LogP contribution in [-0.4, -0.2) is 23.9 Å². The van der Waals surface area contributed by atoms with Gasteiger partial charge < -0.3 is 16.4 Å². The van der Waals surface area contributed by atoms with Crippen LogP contribution in [0.4, 0.5) is 10.5 Å². The van der Waals surface area contributed by atoms with Crippen LogP contribution >= 0.6 is 0 Å². The summed E-state index contributed by atoms with van der Waals surface area (Å²) in [6, 6.07) is 6.29. The summed E-state index contributed by atoms with van der Waals surface area (Å²) in [5.41, 5.74) is 5.66. The number of urea groups is 1. The number of anilines is 1. The number of hydrogen-bond acceptors (Lipinski definition) is 4. The molecule has 5 N–H and O–H groups in total. The quantitative estimate of drug-likeness (QED) is 0.603. The van der Waals surface area contributed by atoms with E-state index in [1.807, 2.05) is 6.92 Å². The number of hydrogen-bond donors (Lipinski definition) is 4. The number of imide groups is 1. The summed E-state index contributed by atoms with van der Waals surface area (Å²) in [6.07, 6.45) is 0.929. The van der Waals surface area contributed by atoms with E-state index in [1.54, 1.807) is 31.2 Å². The van der Waals surface area contributed by atoms with Crippen molar-refractivity contribution in [2.45, 2.75) is 38.3 Å². The molecule has 7 nitrogen and oxygen atoms in total. The molecule has 0 aromatic heterocycles. The molecule has 1 aromatic rings. The van der Waals surface area contributed by atoms with Gasteiger partial charge in [-0.3, -0.25) is 14.9 Å². The van der Waals surface area contributed by atoms with Crippen molar-refractivity contribution < 1.29 is 14.4 Å². The summed E-state index contributed by atoms with van der Waals surface area (Å²) in [5, 5.41) is 7.56. The van der Waals surface area contributed by atoms with Gasteiger partial charge in [0.1, 0.15) is 5.54 Å². The molecule has 0 bridgehead atoms. The lowest BCUT2D eigenvalue weighted by Gasteiger charge is -2.21. The fourth-order valence-corrected chi connectivity index (χ4v) is 2.24. The Labute approximate surface area is 128 Å². The van der Waals surface area contributed by atoms with Gasteiger partial charge in [0, 0.05) is 18.2 Å². The second-order valence-corrected chi connectivity index (χ2v) is 5.68. The highest BCUT2D eigenvalue weighted by atomic mass is 16.2. The van der Waals surface area contributed by atoms with E-state index in [2.05, 4.69) is 16.0 Å². The lowest BCUT2D eigenvalue weighted by atomic mass is 9.92. The molecule has 2 rings (SSSR count). The first-order valence-electron chi connectivity index (χ1n) is 7.11. The molecular formula is C15H20N4O3. The Balaban J connectivity index is 2.12. The maximum Gasteiger partial charge on any atom is 0.322 e. The molecule has 4 amide bonds. The minimum Gasteiger partial charge on any atom is -0.328 e. The number of amides is 4. The SMILES string of the molecule is CC(N)CCC(=O)Nc1cccc(C2(C)NC(=O)NC2=O)c1. The van der Waals surface area contributed by atoms with Crippen molar-refractivity contribution in [2.75, 3.05) is 5.32 Å². The van der Waals surface area contributed by atoms with E-state index in [-0.39, 0.29) is 11.9 Å². The van der Waals surface area contributed by atoms with E-state index in [1.165, 1.54) is 0 Å². The topological polar surface area (TPSA) is 113 Å². The first-order valence-corrected chi connectivity index (χ1v) is 7.11. The van der Waals surface area contributed by atoms with Crippen molar-refractivity contribution in [1.82, 2.24) is 10.6 Å². The normalized spacial score (nSPS) is 22.0. The van der Waals surface area contributed by atoms with Crippen LogP contribution < -0.4 is 21.7 Å². The van der Waals surface area contributed by atoms with Gasteiger partial charge in [0.15, 0.2) is 0 Å². The smallest absolute Gasteiger partial charge is 0.322 e. The van der Waals surface area contributed by atoms with Crippen molar-refractivity contribution in [3.05, 3.63) is 29.8 Å². The molecule has 2 unspecified atom stereocenters.